The van der Waals surface area contributed by atoms with Gasteiger partial charge in [-0.2, -0.15) is 0 Å². The van der Waals surface area contributed by atoms with Gasteiger partial charge >= 0.3 is 0 Å². The van der Waals surface area contributed by atoms with Gasteiger partial charge in [0.2, 0.25) is 0 Å². The highest BCUT2D eigenvalue weighted by molar-refractivity contribution is 5.62. The highest BCUT2D eigenvalue weighted by Gasteiger charge is 2.08. The third-order valence-corrected chi connectivity index (χ3v) is 4.54. The van der Waals surface area contributed by atoms with Crippen LogP contribution >= 0.6 is 0 Å². The van der Waals surface area contributed by atoms with E-state index >= 15 is 0 Å². The molecule has 0 aliphatic heterocycles. The van der Waals surface area contributed by atoms with Crippen molar-refractivity contribution in [2.75, 3.05) is 5.32 Å². The Bertz CT molecular complexity index is 697. The minimum absolute atomic E-state index is 0.517. The molecule has 1 atom stereocenters. The number of benzene rings is 2. The smallest absolute Gasteiger partial charge is 0.0389 e. The van der Waals surface area contributed by atoms with Crippen LogP contribution in [-0.2, 0) is 0 Å². The van der Waals surface area contributed by atoms with E-state index in [0.29, 0.717) is 5.92 Å². The Hall–Kier alpha value is -2.28. The fourth-order valence-electron chi connectivity index (χ4n) is 2.92. The highest BCUT2D eigenvalue weighted by atomic mass is 14.9. The molecule has 22 heavy (non-hydrogen) atoms. The molecule has 0 heterocycles. The van der Waals surface area contributed by atoms with Gasteiger partial charge in [-0.1, -0.05) is 36.4 Å². The van der Waals surface area contributed by atoms with Crippen LogP contribution in [0.3, 0.4) is 0 Å². The summed E-state index contributed by atoms with van der Waals surface area (Å²) in [6.07, 6.45) is 9.86. The Kier molecular flexibility index (Phi) is 4.15. The van der Waals surface area contributed by atoms with Gasteiger partial charge in [-0.15, -0.1) is 0 Å². The predicted octanol–water partition coefficient (Wildman–Crippen LogP) is 5.96. The van der Waals surface area contributed by atoms with E-state index in [-0.39, 0.29) is 0 Å². The molecular weight excluding hydrogens is 266 g/mol. The maximum absolute atomic E-state index is 3.51. The topological polar surface area (TPSA) is 12.0 Å². The lowest BCUT2D eigenvalue weighted by Crippen LogP contribution is -1.97. The maximum atomic E-state index is 3.51. The van der Waals surface area contributed by atoms with Crippen LogP contribution in [0.5, 0.6) is 0 Å². The van der Waals surface area contributed by atoms with E-state index in [2.05, 4.69) is 86.8 Å². The number of nitrogens with one attached hydrogen (secondary N) is 1. The molecule has 2 aromatic rings. The molecule has 0 amide bonds. The van der Waals surface area contributed by atoms with Crippen LogP contribution in [0.1, 0.15) is 34.6 Å². The minimum atomic E-state index is 0.517. The van der Waals surface area contributed by atoms with Gasteiger partial charge in [0.15, 0.2) is 0 Å². The van der Waals surface area contributed by atoms with E-state index < -0.39 is 0 Å². The summed E-state index contributed by atoms with van der Waals surface area (Å²) in [6, 6.07) is 13.2. The van der Waals surface area contributed by atoms with Crippen LogP contribution in [0.15, 0.2) is 60.7 Å². The van der Waals surface area contributed by atoms with E-state index in [1.54, 1.807) is 0 Å². The Labute approximate surface area is 133 Å². The van der Waals surface area contributed by atoms with E-state index in [1.165, 1.54) is 22.3 Å². The Balaban J connectivity index is 1.76. The number of aryl methyl sites for hydroxylation is 2. The number of anilines is 2. The van der Waals surface area contributed by atoms with Crippen molar-refractivity contribution in [2.45, 2.75) is 33.1 Å². The third kappa shape index (κ3) is 3.14. The van der Waals surface area contributed by atoms with Crippen LogP contribution in [-0.4, -0.2) is 0 Å². The molecule has 0 saturated carbocycles. The molecule has 0 aromatic heterocycles. The maximum Gasteiger partial charge on any atom is 0.0389 e. The molecule has 0 bridgehead atoms. The summed E-state index contributed by atoms with van der Waals surface area (Å²) in [6.45, 7) is 6.51. The molecule has 1 aliphatic carbocycles. The molecule has 1 N–H and O–H groups in total. The minimum Gasteiger partial charge on any atom is -0.356 e. The van der Waals surface area contributed by atoms with Crippen LogP contribution in [0.4, 0.5) is 11.4 Å². The molecule has 1 unspecified atom stereocenters. The van der Waals surface area contributed by atoms with Gasteiger partial charge in [-0.25, -0.2) is 0 Å². The zero-order chi connectivity index (χ0) is 15.5. The zero-order valence-corrected chi connectivity index (χ0v) is 13.6. The molecule has 0 spiro atoms. The highest BCUT2D eigenvalue weighted by Crippen LogP contribution is 2.27. The van der Waals surface area contributed by atoms with Crippen LogP contribution < -0.4 is 5.32 Å². The third-order valence-electron chi connectivity index (χ3n) is 4.54. The van der Waals surface area contributed by atoms with Gasteiger partial charge in [-0.05, 0) is 73.7 Å². The average molecular weight is 289 g/mol. The summed E-state index contributed by atoms with van der Waals surface area (Å²) >= 11 is 0. The second kappa shape index (κ2) is 6.23. The Morgan fingerprint density at radius 3 is 2.14 bits per heavy atom. The second-order valence-electron chi connectivity index (χ2n) is 6.14. The van der Waals surface area contributed by atoms with Crippen molar-refractivity contribution in [2.24, 2.45) is 0 Å². The average Bonchev–Trinajstić information content (AvgIpc) is 2.54. The van der Waals surface area contributed by atoms with Gasteiger partial charge in [0.25, 0.3) is 0 Å². The van der Waals surface area contributed by atoms with Crippen molar-refractivity contribution in [1.82, 2.24) is 0 Å². The first-order valence-electron chi connectivity index (χ1n) is 7.91. The van der Waals surface area contributed by atoms with Crippen molar-refractivity contribution in [3.05, 3.63) is 83.0 Å². The van der Waals surface area contributed by atoms with Crippen LogP contribution in [0.25, 0.3) is 0 Å². The van der Waals surface area contributed by atoms with Crippen LogP contribution in [0, 0.1) is 20.8 Å². The monoisotopic (exact) mass is 289 g/mol. The first-order valence-corrected chi connectivity index (χ1v) is 7.91. The lowest BCUT2D eigenvalue weighted by atomic mass is 9.92. The van der Waals surface area contributed by atoms with E-state index in [4.69, 9.17) is 0 Å². The largest absolute Gasteiger partial charge is 0.356 e. The van der Waals surface area contributed by atoms with Crippen molar-refractivity contribution < 1.29 is 0 Å². The molecule has 1 aliphatic rings. The molecule has 1 heteroatoms. The fourth-order valence-corrected chi connectivity index (χ4v) is 2.92. The second-order valence-corrected chi connectivity index (χ2v) is 6.14. The van der Waals surface area contributed by atoms with Crippen molar-refractivity contribution in [3.63, 3.8) is 0 Å². The molecule has 0 saturated heterocycles. The molecule has 3 rings (SSSR count). The SMILES string of the molecule is Cc1cc(Nc2ccc(C3C=CC=CC3)cc2)cc(C)c1C. The molecule has 112 valence electrons. The Morgan fingerprint density at radius 2 is 1.55 bits per heavy atom. The number of hydrogen-bond acceptors (Lipinski definition) is 1. The summed E-state index contributed by atoms with van der Waals surface area (Å²) < 4.78 is 0. The van der Waals surface area contributed by atoms with Gasteiger partial charge in [0.1, 0.15) is 0 Å². The first-order chi connectivity index (χ1) is 10.6. The molecular formula is C21H23N. The lowest BCUT2D eigenvalue weighted by Gasteiger charge is -2.15. The normalized spacial score (nSPS) is 16.8. The van der Waals surface area contributed by atoms with Crippen LogP contribution in [0.2, 0.25) is 0 Å². The van der Waals surface area contributed by atoms with E-state index in [1.807, 2.05) is 0 Å². The summed E-state index contributed by atoms with van der Waals surface area (Å²) in [5.41, 5.74) is 7.72. The summed E-state index contributed by atoms with van der Waals surface area (Å²) in [4.78, 5) is 0. The lowest BCUT2D eigenvalue weighted by molar-refractivity contribution is 0.854. The summed E-state index contributed by atoms with van der Waals surface area (Å²) in [5, 5.41) is 3.51. The molecule has 0 radical (unpaired) electrons. The quantitative estimate of drug-likeness (QED) is 0.735. The number of rotatable bonds is 3. The fraction of sp³-hybridized carbons (Fsp3) is 0.238. The molecule has 0 fully saturated rings. The zero-order valence-electron chi connectivity index (χ0n) is 13.6. The van der Waals surface area contributed by atoms with Gasteiger partial charge in [0.05, 0.1) is 0 Å². The van der Waals surface area contributed by atoms with Crippen molar-refractivity contribution in [1.29, 1.82) is 0 Å². The van der Waals surface area contributed by atoms with Crippen molar-refractivity contribution in [3.8, 4) is 0 Å². The molecule has 1 nitrogen and oxygen atoms in total. The standard InChI is InChI=1S/C21H23N/c1-15-13-21(14-16(2)17(15)3)22-20-11-9-19(10-12-20)18-7-5-4-6-8-18/h4-7,9-14,18,22H,8H2,1-3H3. The predicted molar refractivity (Wildman–Crippen MR) is 96.0 cm³/mol. The van der Waals surface area contributed by atoms with Gasteiger partial charge in [-0.3, -0.25) is 0 Å². The number of hydrogen-bond donors (Lipinski definition) is 1. The summed E-state index contributed by atoms with van der Waals surface area (Å²) in [7, 11) is 0. The van der Waals surface area contributed by atoms with Gasteiger partial charge < -0.3 is 5.32 Å². The first kappa shape index (κ1) is 14.6. The van der Waals surface area contributed by atoms with Crippen molar-refractivity contribution >= 4 is 11.4 Å². The van der Waals surface area contributed by atoms with E-state index in [0.717, 1.165) is 17.8 Å². The Morgan fingerprint density at radius 1 is 0.864 bits per heavy atom. The van der Waals surface area contributed by atoms with Gasteiger partial charge in [0, 0.05) is 17.3 Å². The summed E-state index contributed by atoms with van der Waals surface area (Å²) in [5.74, 6) is 0.517. The van der Waals surface area contributed by atoms with E-state index in [9.17, 15) is 0 Å². The number of allylic oxidation sites excluding steroid dienone is 4. The molecule has 2 aromatic carbocycles.